The fourth-order valence-corrected chi connectivity index (χ4v) is 2.58. The van der Waals surface area contributed by atoms with Crippen molar-refractivity contribution in [1.29, 1.82) is 0 Å². The van der Waals surface area contributed by atoms with Crippen LogP contribution < -0.4 is 14.8 Å². The van der Waals surface area contributed by atoms with Crippen LogP contribution in [0.3, 0.4) is 0 Å². The van der Waals surface area contributed by atoms with Gasteiger partial charge in [0.25, 0.3) is 5.91 Å². The number of ether oxygens (including phenoxy) is 2. The third-order valence-corrected chi connectivity index (χ3v) is 3.98. The van der Waals surface area contributed by atoms with E-state index >= 15 is 0 Å². The highest BCUT2D eigenvalue weighted by atomic mass is 16.5. The van der Waals surface area contributed by atoms with Crippen molar-refractivity contribution in [3.8, 4) is 22.8 Å². The van der Waals surface area contributed by atoms with Gasteiger partial charge in [0, 0.05) is 24.2 Å². The fraction of sp³-hybridized carbons (Fsp3) is 0.200. The van der Waals surface area contributed by atoms with Crippen molar-refractivity contribution in [2.45, 2.75) is 6.42 Å². The van der Waals surface area contributed by atoms with E-state index < -0.39 is 0 Å². The number of carbonyl (C=O) groups is 1. The summed E-state index contributed by atoms with van der Waals surface area (Å²) in [6.45, 7) is 0.453. The van der Waals surface area contributed by atoms with Gasteiger partial charge in [-0.2, -0.15) is 0 Å². The normalized spacial score (nSPS) is 10.4. The van der Waals surface area contributed by atoms with Crippen molar-refractivity contribution in [1.82, 2.24) is 10.5 Å². The second-order valence-corrected chi connectivity index (χ2v) is 5.63. The van der Waals surface area contributed by atoms with Crippen LogP contribution in [-0.4, -0.2) is 31.8 Å². The van der Waals surface area contributed by atoms with Crippen molar-refractivity contribution in [3.63, 3.8) is 0 Å². The van der Waals surface area contributed by atoms with Gasteiger partial charge in [0.2, 0.25) is 0 Å². The maximum Gasteiger partial charge on any atom is 0.273 e. The van der Waals surface area contributed by atoms with E-state index in [4.69, 9.17) is 14.0 Å². The Hall–Kier alpha value is -3.28. The molecule has 26 heavy (non-hydrogen) atoms. The Labute approximate surface area is 151 Å². The van der Waals surface area contributed by atoms with Crippen LogP contribution in [0.5, 0.6) is 11.5 Å². The van der Waals surface area contributed by atoms with Gasteiger partial charge in [0.1, 0.15) is 11.5 Å². The molecule has 1 heterocycles. The molecule has 134 valence electrons. The summed E-state index contributed by atoms with van der Waals surface area (Å²) in [7, 11) is 3.22. The molecule has 1 amide bonds. The molecular formula is C20H20N2O4. The molecule has 1 aromatic heterocycles. The van der Waals surface area contributed by atoms with Gasteiger partial charge in [0.15, 0.2) is 11.5 Å². The van der Waals surface area contributed by atoms with E-state index in [1.807, 2.05) is 48.5 Å². The van der Waals surface area contributed by atoms with E-state index in [1.165, 1.54) is 0 Å². The summed E-state index contributed by atoms with van der Waals surface area (Å²) in [5.74, 6) is 1.74. The predicted molar refractivity (Wildman–Crippen MR) is 97.5 cm³/mol. The van der Waals surface area contributed by atoms with E-state index in [0.29, 0.717) is 18.7 Å². The molecule has 6 heteroatoms. The third kappa shape index (κ3) is 4.03. The van der Waals surface area contributed by atoms with Gasteiger partial charge in [-0.1, -0.05) is 41.6 Å². The molecule has 3 aromatic rings. The highest BCUT2D eigenvalue weighted by Gasteiger charge is 2.13. The van der Waals surface area contributed by atoms with Gasteiger partial charge in [-0.15, -0.1) is 0 Å². The Kier molecular flexibility index (Phi) is 5.53. The number of hydrogen-bond acceptors (Lipinski definition) is 5. The summed E-state index contributed by atoms with van der Waals surface area (Å²) in [4.78, 5) is 12.2. The molecule has 6 nitrogen and oxygen atoms in total. The number of amides is 1. The van der Waals surface area contributed by atoms with Gasteiger partial charge < -0.3 is 19.3 Å². The van der Waals surface area contributed by atoms with E-state index in [0.717, 1.165) is 22.6 Å². The quantitative estimate of drug-likeness (QED) is 0.706. The Morgan fingerprint density at radius 3 is 2.62 bits per heavy atom. The van der Waals surface area contributed by atoms with Gasteiger partial charge in [0.05, 0.1) is 14.2 Å². The molecule has 0 spiro atoms. The third-order valence-electron chi connectivity index (χ3n) is 3.98. The van der Waals surface area contributed by atoms with Crippen LogP contribution in [0.1, 0.15) is 16.1 Å². The topological polar surface area (TPSA) is 73.6 Å². The van der Waals surface area contributed by atoms with Gasteiger partial charge in [-0.25, -0.2) is 0 Å². The average molecular weight is 352 g/mol. The first kappa shape index (κ1) is 17.5. The Morgan fingerprint density at radius 2 is 1.88 bits per heavy atom. The van der Waals surface area contributed by atoms with E-state index in [1.54, 1.807) is 20.3 Å². The Morgan fingerprint density at radius 1 is 1.08 bits per heavy atom. The molecule has 0 atom stereocenters. The van der Waals surface area contributed by atoms with E-state index in [-0.39, 0.29) is 11.6 Å². The fourth-order valence-electron chi connectivity index (χ4n) is 2.58. The minimum Gasteiger partial charge on any atom is -0.497 e. The summed E-state index contributed by atoms with van der Waals surface area (Å²) in [5.41, 5.74) is 2.12. The zero-order chi connectivity index (χ0) is 18.4. The van der Waals surface area contributed by atoms with Gasteiger partial charge in [-0.05, 0) is 18.1 Å². The molecule has 0 fully saturated rings. The summed E-state index contributed by atoms with van der Waals surface area (Å²) in [6.07, 6.45) is 0.627. The second kappa shape index (κ2) is 8.20. The summed E-state index contributed by atoms with van der Waals surface area (Å²) < 4.78 is 15.8. The highest BCUT2D eigenvalue weighted by molar-refractivity contribution is 5.93. The first-order chi connectivity index (χ1) is 12.7. The summed E-state index contributed by atoms with van der Waals surface area (Å²) in [6, 6.07) is 16.8. The molecule has 0 unspecified atom stereocenters. The monoisotopic (exact) mass is 352 g/mol. The maximum atomic E-state index is 12.2. The number of carbonyl (C=O) groups excluding carboxylic acids is 1. The molecule has 0 saturated carbocycles. The lowest BCUT2D eigenvalue weighted by atomic mass is 10.1. The van der Waals surface area contributed by atoms with E-state index in [9.17, 15) is 4.79 Å². The number of nitrogens with one attached hydrogen (secondary N) is 1. The first-order valence-electron chi connectivity index (χ1n) is 8.22. The first-order valence-corrected chi connectivity index (χ1v) is 8.22. The van der Waals surface area contributed by atoms with Crippen LogP contribution in [0, 0.1) is 0 Å². The predicted octanol–water partition coefficient (Wildman–Crippen LogP) is 3.33. The zero-order valence-electron chi connectivity index (χ0n) is 14.7. The van der Waals surface area contributed by atoms with Crippen molar-refractivity contribution >= 4 is 5.91 Å². The molecule has 0 aliphatic heterocycles. The number of hydrogen-bond donors (Lipinski definition) is 1. The smallest absolute Gasteiger partial charge is 0.273 e. The largest absolute Gasteiger partial charge is 0.497 e. The molecule has 0 saturated heterocycles. The standard InChI is InChI=1S/C20H20N2O4/c1-24-16-9-8-15(18(12-16)25-2)10-11-21-20(23)17-13-19(26-22-17)14-6-4-3-5-7-14/h3-9,12-13H,10-11H2,1-2H3,(H,21,23). The number of methoxy groups -OCH3 is 2. The number of nitrogens with zero attached hydrogens (tertiary/aromatic N) is 1. The number of benzene rings is 2. The van der Waals surface area contributed by atoms with Crippen molar-refractivity contribution < 1.29 is 18.8 Å². The van der Waals surface area contributed by atoms with Crippen molar-refractivity contribution in [2.75, 3.05) is 20.8 Å². The molecule has 0 bridgehead atoms. The average Bonchev–Trinajstić information content (AvgIpc) is 3.19. The summed E-state index contributed by atoms with van der Waals surface area (Å²) >= 11 is 0. The van der Waals surface area contributed by atoms with Crippen LogP contribution in [0.4, 0.5) is 0 Å². The van der Waals surface area contributed by atoms with Crippen LogP contribution in [0.15, 0.2) is 59.1 Å². The molecule has 0 radical (unpaired) electrons. The van der Waals surface area contributed by atoms with Crippen LogP contribution in [0.2, 0.25) is 0 Å². The van der Waals surface area contributed by atoms with Crippen LogP contribution in [0.25, 0.3) is 11.3 Å². The minimum absolute atomic E-state index is 0.255. The van der Waals surface area contributed by atoms with Crippen molar-refractivity contribution in [2.24, 2.45) is 0 Å². The lowest BCUT2D eigenvalue weighted by Crippen LogP contribution is -2.26. The van der Waals surface area contributed by atoms with Gasteiger partial charge >= 0.3 is 0 Å². The Balaban J connectivity index is 1.59. The molecule has 0 aliphatic rings. The molecule has 2 aromatic carbocycles. The Bertz CT molecular complexity index is 875. The minimum atomic E-state index is -0.275. The second-order valence-electron chi connectivity index (χ2n) is 5.63. The number of aromatic nitrogens is 1. The van der Waals surface area contributed by atoms with Gasteiger partial charge in [-0.3, -0.25) is 4.79 Å². The van der Waals surface area contributed by atoms with Crippen molar-refractivity contribution in [3.05, 3.63) is 65.9 Å². The molecule has 3 rings (SSSR count). The lowest BCUT2D eigenvalue weighted by molar-refractivity contribution is 0.0945. The SMILES string of the molecule is COc1ccc(CCNC(=O)c2cc(-c3ccccc3)on2)c(OC)c1. The summed E-state index contributed by atoms with van der Waals surface area (Å²) in [5, 5.41) is 6.69. The maximum absolute atomic E-state index is 12.2. The lowest BCUT2D eigenvalue weighted by Gasteiger charge is -2.10. The number of rotatable bonds is 7. The zero-order valence-corrected chi connectivity index (χ0v) is 14.7. The van der Waals surface area contributed by atoms with Crippen LogP contribution in [-0.2, 0) is 6.42 Å². The highest BCUT2D eigenvalue weighted by Crippen LogP contribution is 2.24. The van der Waals surface area contributed by atoms with E-state index in [2.05, 4.69) is 10.5 Å². The molecule has 0 aliphatic carbocycles. The van der Waals surface area contributed by atoms with Crippen LogP contribution >= 0.6 is 0 Å². The molecule has 1 N–H and O–H groups in total. The molecular weight excluding hydrogens is 332 g/mol.